The van der Waals surface area contributed by atoms with Gasteiger partial charge in [-0.15, -0.1) is 0 Å². The van der Waals surface area contributed by atoms with Crippen LogP contribution < -0.4 is 56.8 Å². The normalized spacial score (nSPS) is 11.8. The second kappa shape index (κ2) is 38.5. The molecule has 0 saturated carbocycles. The highest BCUT2D eigenvalue weighted by atomic mass is 16.5. The van der Waals surface area contributed by atoms with Gasteiger partial charge in [0.25, 0.3) is 0 Å². The largest absolute Gasteiger partial charge is 0.504 e. The number of methoxy groups -OCH3 is 8. The second-order valence-corrected chi connectivity index (χ2v) is 26.1. The number of ether oxygens (including phenoxy) is 12. The van der Waals surface area contributed by atoms with Crippen molar-refractivity contribution in [3.63, 3.8) is 0 Å². The summed E-state index contributed by atoms with van der Waals surface area (Å²) in [5.74, 6) is -0.739. The fraction of sp³-hybridized carbons (Fsp3) is 0.167. The average molecular weight is 1630 g/mol. The Morgan fingerprint density at radius 1 is 0.200 bits per heavy atom. The van der Waals surface area contributed by atoms with Gasteiger partial charge in [-0.3, -0.25) is 38.4 Å². The summed E-state index contributed by atoms with van der Waals surface area (Å²) in [6, 6.07) is 61.5. The van der Waals surface area contributed by atoms with Crippen molar-refractivity contribution in [3.05, 3.63) is 330 Å². The molecule has 616 valence electrons. The molecule has 4 N–H and O–H groups in total. The molecule has 120 heavy (non-hydrogen) atoms. The Morgan fingerprint density at radius 2 is 0.417 bits per heavy atom. The van der Waals surface area contributed by atoms with Crippen LogP contribution in [-0.2, 0) is 26.4 Å². The predicted octanol–water partition coefficient (Wildman–Crippen LogP) is 17.6. The molecule has 0 atom stereocenters. The van der Waals surface area contributed by atoms with Crippen molar-refractivity contribution in [3.8, 4) is 92.0 Å². The van der Waals surface area contributed by atoms with E-state index < -0.39 is 23.1 Å². The van der Waals surface area contributed by atoms with Crippen LogP contribution in [0.1, 0.15) is 179 Å². The summed E-state index contributed by atoms with van der Waals surface area (Å²) in [7, 11) is 11.3. The standard InChI is InChI=1S/2C30H24O6.2C16H12O6.4CH4/c1-33-25-13-21-23(15-27(25)35-17-19-9-5-3-6-10-19)30(32)22-14-26(34-2)28(16-24(22)29(21)31)36-18-20-11-7-4-8-12-20;1-33-25-15-23-22(16-26(25)36-18-20-11-7-4-8-12-20)28(31)21-13-14-24(30(34-2)27(21)29(23)32)35-17-19-9-5-3-6-10-19;1-21-13-5-9-7(3-11(13)17)16(20)10-6-14(22-2)12(18)4-8(10)15(9)19;1-21-12-6-9-8(5-11(12)18)14(19)7-3-4-10(17)16(22-2)13(7)15(9)20;;;;/h2*3-16H,17-18H2,1-2H3;2*3-6,17-18H,1-2H3;4*1H4. The third-order valence-electron chi connectivity index (χ3n) is 19.4. The highest BCUT2D eigenvalue weighted by Crippen LogP contribution is 2.47. The molecule has 0 aromatic heterocycles. The van der Waals surface area contributed by atoms with Gasteiger partial charge in [-0.1, -0.05) is 151 Å². The maximum absolute atomic E-state index is 13.6. The van der Waals surface area contributed by atoms with E-state index in [1.165, 1.54) is 105 Å². The number of phenols is 4. The van der Waals surface area contributed by atoms with E-state index >= 15 is 0 Å². The number of ketones is 8. The highest BCUT2D eigenvalue weighted by Gasteiger charge is 2.39. The van der Waals surface area contributed by atoms with Gasteiger partial charge >= 0.3 is 0 Å². The smallest absolute Gasteiger partial charge is 0.198 e. The predicted molar refractivity (Wildman–Crippen MR) is 448 cm³/mol. The number of hydrogen-bond acceptors (Lipinski definition) is 24. The zero-order valence-electron chi connectivity index (χ0n) is 63.6. The molecule has 0 bridgehead atoms. The Labute approximate surface area is 693 Å². The van der Waals surface area contributed by atoms with Crippen LogP contribution in [0.15, 0.2) is 218 Å². The van der Waals surface area contributed by atoms with Gasteiger partial charge in [-0.05, 0) is 119 Å². The van der Waals surface area contributed by atoms with Gasteiger partial charge in [0, 0.05) is 77.9 Å². The topological polar surface area (TPSA) is 328 Å². The van der Waals surface area contributed by atoms with E-state index in [9.17, 15) is 58.8 Å². The van der Waals surface area contributed by atoms with Crippen molar-refractivity contribution in [1.29, 1.82) is 0 Å². The van der Waals surface area contributed by atoms with Gasteiger partial charge in [0.2, 0.25) is 0 Å². The first-order chi connectivity index (χ1) is 56.1. The molecule has 24 heteroatoms. The maximum atomic E-state index is 13.6. The lowest BCUT2D eigenvalue weighted by Crippen LogP contribution is -2.22. The Kier molecular flexibility index (Phi) is 28.5. The van der Waals surface area contributed by atoms with E-state index in [0.29, 0.717) is 66.7 Å². The minimum atomic E-state index is -0.476. The van der Waals surface area contributed by atoms with Gasteiger partial charge in [-0.25, -0.2) is 0 Å². The van der Waals surface area contributed by atoms with Crippen molar-refractivity contribution in [2.75, 3.05) is 56.9 Å². The van der Waals surface area contributed by atoms with Crippen molar-refractivity contribution in [2.45, 2.75) is 56.1 Å². The molecular weight excluding hydrogens is 1540 g/mol. The van der Waals surface area contributed by atoms with Crippen LogP contribution >= 0.6 is 0 Å². The third-order valence-corrected chi connectivity index (χ3v) is 19.4. The molecule has 0 heterocycles. The van der Waals surface area contributed by atoms with E-state index in [1.807, 2.05) is 121 Å². The Morgan fingerprint density at radius 3 is 0.683 bits per heavy atom. The van der Waals surface area contributed by atoms with Crippen LogP contribution in [0.25, 0.3) is 0 Å². The van der Waals surface area contributed by atoms with Crippen LogP contribution in [0.3, 0.4) is 0 Å². The molecule has 0 unspecified atom stereocenters. The van der Waals surface area contributed by atoms with Gasteiger partial charge in [0.05, 0.1) is 68.0 Å². The first kappa shape index (κ1) is 88.7. The molecule has 24 nitrogen and oxygen atoms in total. The number of phenolic OH excluding ortho intramolecular Hbond substituents is 4. The monoisotopic (exact) mass is 1620 g/mol. The van der Waals surface area contributed by atoms with E-state index in [-0.39, 0.29) is 194 Å². The molecule has 0 spiro atoms. The Hall–Kier alpha value is -15.2. The number of carbonyl (C=O) groups is 8. The number of benzene rings is 12. The lowest BCUT2D eigenvalue weighted by molar-refractivity contribution is 0.0975. The lowest BCUT2D eigenvalue weighted by atomic mass is 9.83. The summed E-state index contributed by atoms with van der Waals surface area (Å²) < 4.78 is 65.8. The third kappa shape index (κ3) is 17.5. The summed E-state index contributed by atoms with van der Waals surface area (Å²) in [5.41, 5.74) is 6.58. The molecule has 0 radical (unpaired) electrons. The van der Waals surface area contributed by atoms with E-state index in [0.717, 1.165) is 22.3 Å². The minimum Gasteiger partial charge on any atom is -0.504 e. The number of carbonyl (C=O) groups excluding carboxylic acids is 8. The number of hydrogen-bond donors (Lipinski definition) is 4. The molecule has 0 fully saturated rings. The molecule has 0 saturated heterocycles. The number of fused-ring (bicyclic) bond motifs is 8. The quantitative estimate of drug-likeness (QED) is 0.0551. The summed E-state index contributed by atoms with van der Waals surface area (Å²) in [5, 5.41) is 39.2. The zero-order chi connectivity index (χ0) is 82.2. The molecule has 12 aromatic rings. The zero-order valence-corrected chi connectivity index (χ0v) is 63.6. The lowest BCUT2D eigenvalue weighted by Gasteiger charge is -2.23. The summed E-state index contributed by atoms with van der Waals surface area (Å²) in [4.78, 5) is 104. The van der Waals surface area contributed by atoms with Crippen molar-refractivity contribution in [2.24, 2.45) is 0 Å². The van der Waals surface area contributed by atoms with Gasteiger partial charge in [0.1, 0.15) is 26.4 Å². The minimum absolute atomic E-state index is 0. The molecule has 0 amide bonds. The second-order valence-electron chi connectivity index (χ2n) is 26.1. The maximum Gasteiger partial charge on any atom is 0.198 e. The molecule has 12 aromatic carbocycles. The highest BCUT2D eigenvalue weighted by molar-refractivity contribution is 6.32. The molecule has 16 rings (SSSR count). The first-order valence-electron chi connectivity index (χ1n) is 35.7. The summed E-state index contributed by atoms with van der Waals surface area (Å²) in [6.07, 6.45) is 0. The Bertz CT molecular complexity index is 5550. The number of aromatic hydroxyl groups is 4. The van der Waals surface area contributed by atoms with Gasteiger partial charge < -0.3 is 77.3 Å². The van der Waals surface area contributed by atoms with E-state index in [4.69, 9.17) is 56.8 Å². The van der Waals surface area contributed by atoms with Crippen LogP contribution in [0.4, 0.5) is 0 Å². The van der Waals surface area contributed by atoms with Crippen LogP contribution in [-0.4, -0.2) is 124 Å². The summed E-state index contributed by atoms with van der Waals surface area (Å²) >= 11 is 0. The Balaban J connectivity index is 0.000000185. The summed E-state index contributed by atoms with van der Waals surface area (Å²) in [6.45, 7) is 1.19. The van der Waals surface area contributed by atoms with Crippen molar-refractivity contribution >= 4 is 46.3 Å². The molecule has 4 aliphatic rings. The molecule has 4 aliphatic carbocycles. The van der Waals surface area contributed by atoms with Crippen LogP contribution in [0.5, 0.6) is 92.0 Å². The van der Waals surface area contributed by atoms with Crippen molar-refractivity contribution in [1.82, 2.24) is 0 Å². The van der Waals surface area contributed by atoms with Crippen LogP contribution in [0, 0.1) is 0 Å². The average Bonchev–Trinajstić information content (AvgIpc) is 0.753. The first-order valence-corrected chi connectivity index (χ1v) is 35.7. The fourth-order valence-corrected chi connectivity index (χ4v) is 13.5. The van der Waals surface area contributed by atoms with E-state index in [2.05, 4.69) is 0 Å². The van der Waals surface area contributed by atoms with Gasteiger partial charge in [-0.2, -0.15) is 0 Å². The molecule has 0 aliphatic heterocycles. The number of rotatable bonds is 20. The van der Waals surface area contributed by atoms with E-state index in [1.54, 1.807) is 48.5 Å². The van der Waals surface area contributed by atoms with Crippen molar-refractivity contribution < 1.29 is 116 Å². The SMILES string of the molecule is C.C.C.C.COc1cc2c(cc1O)C(=O)c1cc(OC)c(O)cc1C2=O.COc1cc2c(cc1O)C(=O)c1ccc(O)c(OC)c1C2=O.COc1cc2c(cc1OCc1ccccc1)C(=O)c1cc(OC)c(OCc3ccccc3)cc1C2=O.COc1cc2c(cc1OCc1ccccc1)C(=O)c1ccc(OCc3ccccc3)c(OC)c1C2=O. The molecular formula is C96H88O24. The van der Waals surface area contributed by atoms with Gasteiger partial charge in [0.15, 0.2) is 138 Å². The fourth-order valence-electron chi connectivity index (χ4n) is 13.5. The van der Waals surface area contributed by atoms with Crippen LogP contribution in [0.2, 0.25) is 0 Å².